The van der Waals surface area contributed by atoms with Crippen molar-refractivity contribution < 1.29 is 18.1 Å². The number of hydrogen-bond acceptors (Lipinski definition) is 4. The number of fused-ring (bicyclic) bond motifs is 2. The third kappa shape index (κ3) is 2.34. The van der Waals surface area contributed by atoms with Crippen molar-refractivity contribution >= 4 is 29.6 Å². The van der Waals surface area contributed by atoms with Crippen LogP contribution in [0.25, 0.3) is 21.9 Å². The fourth-order valence-electron chi connectivity index (χ4n) is 2.20. The molecule has 5 heteroatoms. The summed E-state index contributed by atoms with van der Waals surface area (Å²) in [6.07, 6.45) is 0. The molecule has 0 amide bonds. The van der Waals surface area contributed by atoms with Crippen molar-refractivity contribution in [2.45, 2.75) is 0 Å². The molecule has 0 atom stereocenters. The van der Waals surface area contributed by atoms with Crippen LogP contribution in [0.2, 0.25) is 0 Å². The average Bonchev–Trinajstić information content (AvgIpc) is 3.09. The Balaban J connectivity index is 1.44. The Bertz CT molecular complexity index is 753. The van der Waals surface area contributed by atoms with Crippen LogP contribution in [0.15, 0.2) is 69.5 Å². The molecule has 21 heavy (non-hydrogen) atoms. The van der Waals surface area contributed by atoms with Gasteiger partial charge in [0.25, 0.3) is 11.9 Å². The monoisotopic (exact) mass is 278 g/mol. The minimum absolute atomic E-state index is 0.0274. The van der Waals surface area contributed by atoms with Gasteiger partial charge in [-0.05, 0) is 12.1 Å². The second-order valence-electron chi connectivity index (χ2n) is 4.61. The predicted octanol–water partition coefficient (Wildman–Crippen LogP) is 3.90. The van der Waals surface area contributed by atoms with E-state index in [0.29, 0.717) is 11.9 Å². The molecule has 0 fully saturated rings. The molecule has 0 bridgehead atoms. The minimum Gasteiger partial charge on any atom is -0.501 e. The van der Waals surface area contributed by atoms with Gasteiger partial charge in [-0.3, -0.25) is 0 Å². The lowest BCUT2D eigenvalue weighted by Crippen LogP contribution is -2.09. The quantitative estimate of drug-likeness (QED) is 0.531. The van der Waals surface area contributed by atoms with Crippen molar-refractivity contribution in [3.63, 3.8) is 0 Å². The molecule has 2 aromatic carbocycles. The van der Waals surface area contributed by atoms with Crippen LogP contribution < -0.4 is 9.31 Å². The van der Waals surface area contributed by atoms with Crippen LogP contribution in [0.5, 0.6) is 11.9 Å². The first-order chi connectivity index (χ1) is 10.4. The zero-order valence-electron chi connectivity index (χ0n) is 11.1. The molecule has 0 spiro atoms. The van der Waals surface area contributed by atoms with Gasteiger partial charge in [-0.15, -0.1) is 0 Å². The summed E-state index contributed by atoms with van der Waals surface area (Å²) in [5, 5.41) is 1.99. The van der Waals surface area contributed by atoms with Gasteiger partial charge in [-0.25, -0.2) is 0 Å². The van der Waals surface area contributed by atoms with E-state index in [-0.39, 0.29) is 7.69 Å². The van der Waals surface area contributed by atoms with Gasteiger partial charge in [0.2, 0.25) is 0 Å². The van der Waals surface area contributed by atoms with Crippen molar-refractivity contribution in [1.82, 2.24) is 0 Å². The van der Waals surface area contributed by atoms with E-state index < -0.39 is 0 Å². The Morgan fingerprint density at radius 2 is 1.14 bits per heavy atom. The zero-order valence-corrected chi connectivity index (χ0v) is 11.1. The average molecular weight is 278 g/mol. The molecule has 2 aromatic heterocycles. The maximum absolute atomic E-state index is 5.53. The summed E-state index contributed by atoms with van der Waals surface area (Å²) in [5.74, 6) is 0.847. The van der Waals surface area contributed by atoms with Gasteiger partial charge in [0.15, 0.2) is 0 Å². The minimum atomic E-state index is 0.0274. The maximum Gasteiger partial charge on any atom is 0.580 e. The van der Waals surface area contributed by atoms with Crippen LogP contribution in [0.1, 0.15) is 0 Å². The lowest BCUT2D eigenvalue weighted by Gasteiger charge is -2.00. The van der Waals surface area contributed by atoms with E-state index in [1.54, 1.807) is 0 Å². The molecule has 0 aliphatic carbocycles. The second-order valence-corrected chi connectivity index (χ2v) is 4.61. The summed E-state index contributed by atoms with van der Waals surface area (Å²) in [4.78, 5) is 0. The fraction of sp³-hybridized carbons (Fsp3) is 0. The van der Waals surface area contributed by atoms with Crippen LogP contribution >= 0.6 is 0 Å². The molecule has 4 nitrogen and oxygen atoms in total. The van der Waals surface area contributed by atoms with Gasteiger partial charge in [-0.1, -0.05) is 36.4 Å². The molecule has 0 aliphatic rings. The van der Waals surface area contributed by atoms with E-state index in [9.17, 15) is 0 Å². The molecule has 0 N–H and O–H groups in total. The van der Waals surface area contributed by atoms with E-state index in [2.05, 4.69) is 0 Å². The van der Waals surface area contributed by atoms with Crippen molar-refractivity contribution in [2.24, 2.45) is 0 Å². The summed E-state index contributed by atoms with van der Waals surface area (Å²) < 4.78 is 21.9. The van der Waals surface area contributed by atoms with E-state index in [4.69, 9.17) is 18.1 Å². The largest absolute Gasteiger partial charge is 0.580 e. The van der Waals surface area contributed by atoms with E-state index in [0.717, 1.165) is 21.9 Å². The van der Waals surface area contributed by atoms with E-state index in [1.807, 2.05) is 60.7 Å². The topological polar surface area (TPSA) is 44.7 Å². The molecule has 0 saturated carbocycles. The lowest BCUT2D eigenvalue weighted by molar-refractivity contribution is 0.341. The molecule has 0 saturated heterocycles. The Hall–Kier alpha value is -2.82. The highest BCUT2D eigenvalue weighted by Crippen LogP contribution is 2.26. The summed E-state index contributed by atoms with van der Waals surface area (Å²) in [7, 11) is 0.0274. The van der Waals surface area contributed by atoms with Gasteiger partial charge in [-0.2, -0.15) is 0 Å². The van der Waals surface area contributed by atoms with Gasteiger partial charge in [0.05, 0.1) is 0 Å². The first kappa shape index (κ1) is 12.0. The molecule has 0 unspecified atom stereocenters. The smallest absolute Gasteiger partial charge is 0.501 e. The SMILES string of the molecule is B(Oc1cc2ccccc2o1)Oc1cc2ccccc2o1. The second kappa shape index (κ2) is 4.94. The van der Waals surface area contributed by atoms with Gasteiger partial charge in [0, 0.05) is 22.9 Å². The van der Waals surface area contributed by atoms with E-state index >= 15 is 0 Å². The summed E-state index contributed by atoms with van der Waals surface area (Å²) in [5.41, 5.74) is 1.58. The summed E-state index contributed by atoms with van der Waals surface area (Å²) in [6.45, 7) is 0. The summed E-state index contributed by atoms with van der Waals surface area (Å²) in [6, 6.07) is 19.1. The fourth-order valence-corrected chi connectivity index (χ4v) is 2.20. The highest BCUT2D eigenvalue weighted by atomic mass is 16.7. The first-order valence-corrected chi connectivity index (χ1v) is 6.61. The molecule has 0 radical (unpaired) electrons. The molecule has 4 rings (SSSR count). The number of rotatable bonds is 4. The van der Waals surface area contributed by atoms with Crippen LogP contribution in [0.3, 0.4) is 0 Å². The third-order valence-electron chi connectivity index (χ3n) is 3.21. The van der Waals surface area contributed by atoms with Crippen molar-refractivity contribution in [2.75, 3.05) is 0 Å². The number of hydrogen-bond donors (Lipinski definition) is 0. The number of benzene rings is 2. The van der Waals surface area contributed by atoms with Crippen molar-refractivity contribution in [3.05, 3.63) is 60.7 Å². The number of furan rings is 2. The van der Waals surface area contributed by atoms with Gasteiger partial charge in [0.1, 0.15) is 11.2 Å². The van der Waals surface area contributed by atoms with Crippen LogP contribution in [0, 0.1) is 0 Å². The van der Waals surface area contributed by atoms with Gasteiger partial charge < -0.3 is 18.1 Å². The Morgan fingerprint density at radius 3 is 1.62 bits per heavy atom. The highest BCUT2D eigenvalue weighted by Gasteiger charge is 2.08. The predicted molar refractivity (Wildman–Crippen MR) is 80.8 cm³/mol. The molecular formula is C16H11BO4. The van der Waals surface area contributed by atoms with Crippen molar-refractivity contribution in [3.8, 4) is 11.9 Å². The van der Waals surface area contributed by atoms with Gasteiger partial charge >= 0.3 is 7.69 Å². The Morgan fingerprint density at radius 1 is 0.667 bits per heavy atom. The Kier molecular flexibility index (Phi) is 2.82. The maximum atomic E-state index is 5.53. The number of para-hydroxylation sites is 2. The van der Waals surface area contributed by atoms with Crippen LogP contribution in [0.4, 0.5) is 0 Å². The Labute approximate surface area is 121 Å². The van der Waals surface area contributed by atoms with Crippen LogP contribution in [-0.4, -0.2) is 7.69 Å². The standard InChI is InChI=1S/C16H11BO4/c1-3-7-13-11(5-1)9-15(18-13)20-17-21-16-10-12-6-2-4-8-14(12)19-16/h1-10,17H. The highest BCUT2D eigenvalue weighted by molar-refractivity contribution is 6.20. The van der Waals surface area contributed by atoms with Crippen LogP contribution in [-0.2, 0) is 0 Å². The van der Waals surface area contributed by atoms with E-state index in [1.165, 1.54) is 0 Å². The molecular weight excluding hydrogens is 267 g/mol. The first-order valence-electron chi connectivity index (χ1n) is 6.61. The molecule has 0 aliphatic heterocycles. The molecule has 2 heterocycles. The third-order valence-corrected chi connectivity index (χ3v) is 3.21. The summed E-state index contributed by atoms with van der Waals surface area (Å²) >= 11 is 0. The van der Waals surface area contributed by atoms with Crippen molar-refractivity contribution in [1.29, 1.82) is 0 Å². The molecule has 102 valence electrons. The normalized spacial score (nSPS) is 10.9. The zero-order chi connectivity index (χ0) is 14.1. The lowest BCUT2D eigenvalue weighted by atomic mass is 10.2. The molecule has 4 aromatic rings.